The standard InChI is InChI=1S/C12H22N2O/c1-9-5-3-4-6-10(9)13-11-7-8-14(2)12(11)15/h9-11,13H,3-8H2,1-2H3. The van der Waals surface area contributed by atoms with E-state index in [-0.39, 0.29) is 11.9 Å². The number of hydrogen-bond donors (Lipinski definition) is 1. The fourth-order valence-corrected chi connectivity index (χ4v) is 2.80. The van der Waals surface area contributed by atoms with Gasteiger partial charge in [0.15, 0.2) is 0 Å². The third-order valence-corrected chi connectivity index (χ3v) is 3.95. The maximum Gasteiger partial charge on any atom is 0.239 e. The quantitative estimate of drug-likeness (QED) is 0.747. The van der Waals surface area contributed by atoms with Crippen molar-refractivity contribution in [1.82, 2.24) is 10.2 Å². The van der Waals surface area contributed by atoms with E-state index < -0.39 is 0 Å². The van der Waals surface area contributed by atoms with E-state index in [4.69, 9.17) is 0 Å². The van der Waals surface area contributed by atoms with E-state index in [1.165, 1.54) is 25.7 Å². The topological polar surface area (TPSA) is 32.3 Å². The Hall–Kier alpha value is -0.570. The third kappa shape index (κ3) is 2.33. The molecule has 2 rings (SSSR count). The second kappa shape index (κ2) is 4.52. The third-order valence-electron chi connectivity index (χ3n) is 3.95. The lowest BCUT2D eigenvalue weighted by molar-refractivity contribution is -0.128. The van der Waals surface area contributed by atoms with Crippen LogP contribution in [0, 0.1) is 5.92 Å². The number of rotatable bonds is 2. The van der Waals surface area contributed by atoms with Crippen LogP contribution in [0.4, 0.5) is 0 Å². The maximum atomic E-state index is 11.7. The average molecular weight is 210 g/mol. The molecule has 1 aliphatic carbocycles. The summed E-state index contributed by atoms with van der Waals surface area (Å²) in [5.74, 6) is 1.02. The monoisotopic (exact) mass is 210 g/mol. The summed E-state index contributed by atoms with van der Waals surface area (Å²) in [6, 6.07) is 0.666. The summed E-state index contributed by atoms with van der Waals surface area (Å²) in [6.45, 7) is 3.22. The molecular weight excluding hydrogens is 188 g/mol. The molecule has 2 fully saturated rings. The molecule has 1 saturated heterocycles. The van der Waals surface area contributed by atoms with Gasteiger partial charge in [-0.15, -0.1) is 0 Å². The number of likely N-dealkylation sites (tertiary alicyclic amines) is 1. The molecule has 1 heterocycles. The molecule has 0 aromatic heterocycles. The smallest absolute Gasteiger partial charge is 0.239 e. The second-order valence-corrected chi connectivity index (χ2v) is 5.14. The summed E-state index contributed by atoms with van der Waals surface area (Å²) < 4.78 is 0. The highest BCUT2D eigenvalue weighted by Crippen LogP contribution is 2.25. The van der Waals surface area contributed by atoms with Crippen LogP contribution in [0.1, 0.15) is 39.0 Å². The molecular formula is C12H22N2O. The lowest BCUT2D eigenvalue weighted by Gasteiger charge is -2.31. The van der Waals surface area contributed by atoms with Crippen molar-refractivity contribution in [2.24, 2.45) is 5.92 Å². The van der Waals surface area contributed by atoms with Gasteiger partial charge in [-0.25, -0.2) is 0 Å². The van der Waals surface area contributed by atoms with E-state index >= 15 is 0 Å². The zero-order chi connectivity index (χ0) is 10.8. The average Bonchev–Trinajstić information content (AvgIpc) is 2.53. The first-order chi connectivity index (χ1) is 7.18. The van der Waals surface area contributed by atoms with Gasteiger partial charge in [-0.3, -0.25) is 4.79 Å². The van der Waals surface area contributed by atoms with Gasteiger partial charge in [0, 0.05) is 19.6 Å². The number of carbonyl (C=O) groups is 1. The first kappa shape index (κ1) is 10.9. The molecule has 1 saturated carbocycles. The van der Waals surface area contributed by atoms with Crippen LogP contribution in [0.15, 0.2) is 0 Å². The van der Waals surface area contributed by atoms with Gasteiger partial charge in [-0.2, -0.15) is 0 Å². The molecule has 86 valence electrons. The minimum atomic E-state index is 0.0977. The predicted octanol–water partition coefficient (Wildman–Crippen LogP) is 1.39. The second-order valence-electron chi connectivity index (χ2n) is 5.14. The molecule has 3 heteroatoms. The van der Waals surface area contributed by atoms with E-state index in [1.54, 1.807) is 0 Å². The first-order valence-electron chi connectivity index (χ1n) is 6.19. The largest absolute Gasteiger partial charge is 0.344 e. The molecule has 1 aliphatic heterocycles. The number of amides is 1. The van der Waals surface area contributed by atoms with Crippen LogP contribution in [0.2, 0.25) is 0 Å². The summed E-state index contributed by atoms with van der Waals surface area (Å²) in [4.78, 5) is 13.6. The number of carbonyl (C=O) groups excluding carboxylic acids is 1. The number of likely N-dealkylation sites (N-methyl/N-ethyl adjacent to an activating group) is 1. The van der Waals surface area contributed by atoms with Crippen molar-refractivity contribution in [2.75, 3.05) is 13.6 Å². The van der Waals surface area contributed by atoms with Crippen molar-refractivity contribution < 1.29 is 4.79 Å². The van der Waals surface area contributed by atoms with Crippen molar-refractivity contribution in [3.63, 3.8) is 0 Å². The molecule has 3 atom stereocenters. The van der Waals surface area contributed by atoms with E-state index in [2.05, 4.69) is 12.2 Å². The van der Waals surface area contributed by atoms with Crippen molar-refractivity contribution >= 4 is 5.91 Å². The Morgan fingerprint density at radius 3 is 2.60 bits per heavy atom. The zero-order valence-corrected chi connectivity index (χ0v) is 9.83. The van der Waals surface area contributed by atoms with Gasteiger partial charge in [0.2, 0.25) is 5.91 Å². The van der Waals surface area contributed by atoms with Gasteiger partial charge in [0.1, 0.15) is 0 Å². The Balaban J connectivity index is 1.88. The van der Waals surface area contributed by atoms with Crippen LogP contribution in [-0.2, 0) is 4.79 Å². The molecule has 0 radical (unpaired) electrons. The molecule has 3 nitrogen and oxygen atoms in total. The summed E-state index contributed by atoms with van der Waals surface area (Å²) in [6.07, 6.45) is 6.22. The molecule has 0 spiro atoms. The minimum absolute atomic E-state index is 0.0977. The van der Waals surface area contributed by atoms with Crippen molar-refractivity contribution in [3.05, 3.63) is 0 Å². The first-order valence-corrected chi connectivity index (χ1v) is 6.19. The van der Waals surface area contributed by atoms with Gasteiger partial charge in [0.05, 0.1) is 6.04 Å². The van der Waals surface area contributed by atoms with E-state index in [9.17, 15) is 4.79 Å². The highest BCUT2D eigenvalue weighted by Gasteiger charge is 2.32. The lowest BCUT2D eigenvalue weighted by atomic mass is 9.85. The highest BCUT2D eigenvalue weighted by molar-refractivity contribution is 5.83. The zero-order valence-electron chi connectivity index (χ0n) is 9.83. The molecule has 3 unspecified atom stereocenters. The Kier molecular flexibility index (Phi) is 3.29. The SMILES string of the molecule is CC1CCCCC1NC1CCN(C)C1=O. The van der Waals surface area contributed by atoms with Crippen LogP contribution in [0.25, 0.3) is 0 Å². The Labute approximate surface area is 92.2 Å². The minimum Gasteiger partial charge on any atom is -0.344 e. The Morgan fingerprint density at radius 2 is 2.00 bits per heavy atom. The summed E-state index contributed by atoms with van der Waals surface area (Å²) in [7, 11) is 1.90. The van der Waals surface area contributed by atoms with Gasteiger partial charge in [-0.1, -0.05) is 19.8 Å². The molecule has 1 amide bonds. The van der Waals surface area contributed by atoms with Crippen LogP contribution >= 0.6 is 0 Å². The Morgan fingerprint density at radius 1 is 1.27 bits per heavy atom. The van der Waals surface area contributed by atoms with E-state index in [0.717, 1.165) is 18.9 Å². The molecule has 15 heavy (non-hydrogen) atoms. The van der Waals surface area contributed by atoms with Crippen molar-refractivity contribution in [1.29, 1.82) is 0 Å². The van der Waals surface area contributed by atoms with E-state index in [0.29, 0.717) is 6.04 Å². The molecule has 0 bridgehead atoms. The number of nitrogens with one attached hydrogen (secondary N) is 1. The summed E-state index contributed by atoms with van der Waals surface area (Å²) >= 11 is 0. The van der Waals surface area contributed by atoms with E-state index in [1.807, 2.05) is 11.9 Å². The highest BCUT2D eigenvalue weighted by atomic mass is 16.2. The van der Waals surface area contributed by atoms with Crippen LogP contribution in [0.3, 0.4) is 0 Å². The van der Waals surface area contributed by atoms with Crippen molar-refractivity contribution in [2.45, 2.75) is 51.1 Å². The van der Waals surface area contributed by atoms with Gasteiger partial charge in [0.25, 0.3) is 0 Å². The Bertz CT molecular complexity index is 242. The molecule has 1 N–H and O–H groups in total. The molecule has 2 aliphatic rings. The maximum absolute atomic E-state index is 11.7. The lowest BCUT2D eigenvalue weighted by Crippen LogP contribution is -2.46. The number of hydrogen-bond acceptors (Lipinski definition) is 2. The van der Waals surface area contributed by atoms with Crippen LogP contribution < -0.4 is 5.32 Å². The molecule has 0 aromatic rings. The number of nitrogens with zero attached hydrogens (tertiary/aromatic N) is 1. The van der Waals surface area contributed by atoms with Crippen LogP contribution in [-0.4, -0.2) is 36.5 Å². The van der Waals surface area contributed by atoms with Gasteiger partial charge < -0.3 is 10.2 Å². The predicted molar refractivity (Wildman–Crippen MR) is 60.6 cm³/mol. The van der Waals surface area contributed by atoms with Crippen LogP contribution in [0.5, 0.6) is 0 Å². The summed E-state index contributed by atoms with van der Waals surface area (Å²) in [5, 5.41) is 3.56. The molecule has 0 aromatic carbocycles. The fourth-order valence-electron chi connectivity index (χ4n) is 2.80. The van der Waals surface area contributed by atoms with Crippen molar-refractivity contribution in [3.8, 4) is 0 Å². The fraction of sp³-hybridized carbons (Fsp3) is 0.917. The van der Waals surface area contributed by atoms with Gasteiger partial charge >= 0.3 is 0 Å². The normalized spacial score (nSPS) is 37.3. The van der Waals surface area contributed by atoms with Gasteiger partial charge in [-0.05, 0) is 25.2 Å². The summed E-state index contributed by atoms with van der Waals surface area (Å²) in [5.41, 5.74) is 0.